The molecular weight excluding hydrogens is 156 g/mol. The fourth-order valence-corrected chi connectivity index (χ4v) is 1.27. The van der Waals surface area contributed by atoms with Crippen molar-refractivity contribution in [2.45, 2.75) is 12.8 Å². The van der Waals surface area contributed by atoms with Crippen LogP contribution in [0.3, 0.4) is 0 Å². The molecule has 1 atom stereocenters. The van der Waals surface area contributed by atoms with E-state index < -0.39 is 11.9 Å². The smallest absolute Gasteiger partial charge is 0.312 e. The minimum absolute atomic E-state index is 0.311. The van der Waals surface area contributed by atoms with Crippen LogP contribution in [0.1, 0.15) is 12.8 Å². The molecule has 0 heterocycles. The van der Waals surface area contributed by atoms with Crippen LogP contribution in [0.5, 0.6) is 0 Å². The largest absolute Gasteiger partial charge is 0.481 e. The van der Waals surface area contributed by atoms with E-state index in [2.05, 4.69) is 0 Å². The van der Waals surface area contributed by atoms with Gasteiger partial charge < -0.3 is 10.2 Å². The van der Waals surface area contributed by atoms with E-state index in [1.807, 2.05) is 12.2 Å². The van der Waals surface area contributed by atoms with Crippen LogP contribution in [0.4, 0.5) is 0 Å². The van der Waals surface area contributed by atoms with E-state index >= 15 is 0 Å². The fourth-order valence-electron chi connectivity index (χ4n) is 1.27. The van der Waals surface area contributed by atoms with Crippen LogP contribution in [0, 0.1) is 5.92 Å². The van der Waals surface area contributed by atoms with Gasteiger partial charge in [-0.25, -0.2) is 0 Å². The van der Waals surface area contributed by atoms with E-state index in [4.69, 9.17) is 10.2 Å². The molecule has 0 aromatic rings. The number of hydrogen-bond acceptors (Lipinski definition) is 2. The molecule has 0 saturated carbocycles. The van der Waals surface area contributed by atoms with Crippen LogP contribution in [0.15, 0.2) is 23.8 Å². The zero-order chi connectivity index (χ0) is 8.97. The Hall–Kier alpha value is -1.09. The Morgan fingerprint density at radius 2 is 2.42 bits per heavy atom. The van der Waals surface area contributed by atoms with Crippen LogP contribution >= 0.6 is 0 Å². The predicted molar refractivity (Wildman–Crippen MR) is 44.7 cm³/mol. The van der Waals surface area contributed by atoms with Crippen molar-refractivity contribution in [3.05, 3.63) is 23.8 Å². The zero-order valence-electron chi connectivity index (χ0n) is 6.73. The monoisotopic (exact) mass is 168 g/mol. The Bertz CT molecular complexity index is 228. The SMILES string of the molecule is O=C(O)C(CO)C1=CC=CCC1. The maximum absolute atomic E-state index is 10.6. The molecule has 0 aliphatic heterocycles. The minimum Gasteiger partial charge on any atom is -0.481 e. The highest BCUT2D eigenvalue weighted by Gasteiger charge is 2.20. The standard InChI is InChI=1S/C9H12O3/c10-6-8(9(11)12)7-4-2-1-3-5-7/h1-2,4,8,10H,3,5-6H2,(H,11,12). The number of carboxylic acids is 1. The van der Waals surface area contributed by atoms with Crippen LogP contribution in [-0.4, -0.2) is 22.8 Å². The van der Waals surface area contributed by atoms with Crippen molar-refractivity contribution >= 4 is 5.97 Å². The molecule has 1 rings (SSSR count). The normalized spacial score (nSPS) is 18.6. The first-order chi connectivity index (χ1) is 5.75. The summed E-state index contributed by atoms with van der Waals surface area (Å²) in [6.07, 6.45) is 7.21. The molecule has 1 aliphatic carbocycles. The number of aliphatic carboxylic acids is 1. The number of aliphatic hydroxyl groups excluding tert-OH is 1. The van der Waals surface area contributed by atoms with Crippen LogP contribution in [0.2, 0.25) is 0 Å². The van der Waals surface area contributed by atoms with Gasteiger partial charge in [-0.15, -0.1) is 0 Å². The van der Waals surface area contributed by atoms with Gasteiger partial charge in [0.15, 0.2) is 0 Å². The predicted octanol–water partition coefficient (Wildman–Crippen LogP) is 0.956. The second kappa shape index (κ2) is 4.07. The van der Waals surface area contributed by atoms with Crippen molar-refractivity contribution in [2.75, 3.05) is 6.61 Å². The zero-order valence-corrected chi connectivity index (χ0v) is 6.73. The van der Waals surface area contributed by atoms with Gasteiger partial charge in [0.2, 0.25) is 0 Å². The molecule has 66 valence electrons. The molecule has 3 heteroatoms. The number of carboxylic acid groups (broad SMARTS) is 1. The van der Waals surface area contributed by atoms with Gasteiger partial charge in [0.1, 0.15) is 5.92 Å². The highest BCUT2D eigenvalue weighted by molar-refractivity contribution is 5.74. The summed E-state index contributed by atoms with van der Waals surface area (Å²) in [6, 6.07) is 0. The van der Waals surface area contributed by atoms with E-state index in [-0.39, 0.29) is 6.61 Å². The molecule has 0 bridgehead atoms. The van der Waals surface area contributed by atoms with E-state index in [0.717, 1.165) is 18.4 Å². The molecule has 1 aliphatic rings. The number of rotatable bonds is 3. The molecule has 1 unspecified atom stereocenters. The van der Waals surface area contributed by atoms with Crippen molar-refractivity contribution in [2.24, 2.45) is 5.92 Å². The Labute approximate surface area is 71.0 Å². The van der Waals surface area contributed by atoms with Crippen LogP contribution in [0.25, 0.3) is 0 Å². The first kappa shape index (κ1) is 9.00. The van der Waals surface area contributed by atoms with Crippen molar-refractivity contribution in [1.29, 1.82) is 0 Å². The van der Waals surface area contributed by atoms with Crippen LogP contribution < -0.4 is 0 Å². The summed E-state index contributed by atoms with van der Waals surface area (Å²) in [6.45, 7) is -0.311. The Balaban J connectivity index is 2.71. The quantitative estimate of drug-likeness (QED) is 0.659. The van der Waals surface area contributed by atoms with Gasteiger partial charge in [0.05, 0.1) is 6.61 Å². The molecule has 2 N–H and O–H groups in total. The third kappa shape index (κ3) is 1.95. The molecule has 0 aromatic heterocycles. The summed E-state index contributed by atoms with van der Waals surface area (Å²) >= 11 is 0. The number of carbonyl (C=O) groups is 1. The topological polar surface area (TPSA) is 57.5 Å². The maximum Gasteiger partial charge on any atom is 0.312 e. The van der Waals surface area contributed by atoms with Gasteiger partial charge in [-0.05, 0) is 12.8 Å². The molecule has 12 heavy (non-hydrogen) atoms. The van der Waals surface area contributed by atoms with E-state index in [0.29, 0.717) is 0 Å². The van der Waals surface area contributed by atoms with Crippen molar-refractivity contribution < 1.29 is 15.0 Å². The molecule has 0 amide bonds. The van der Waals surface area contributed by atoms with E-state index in [1.165, 1.54) is 0 Å². The molecule has 0 fully saturated rings. The van der Waals surface area contributed by atoms with Gasteiger partial charge in [0, 0.05) is 0 Å². The number of hydrogen-bond donors (Lipinski definition) is 2. The Morgan fingerprint density at radius 1 is 1.67 bits per heavy atom. The van der Waals surface area contributed by atoms with Gasteiger partial charge >= 0.3 is 5.97 Å². The van der Waals surface area contributed by atoms with Crippen LogP contribution in [-0.2, 0) is 4.79 Å². The molecule has 3 nitrogen and oxygen atoms in total. The summed E-state index contributed by atoms with van der Waals surface area (Å²) in [4.78, 5) is 10.6. The van der Waals surface area contributed by atoms with Gasteiger partial charge in [-0.1, -0.05) is 23.8 Å². The summed E-state index contributed by atoms with van der Waals surface area (Å²) in [7, 11) is 0. The fraction of sp³-hybridized carbons (Fsp3) is 0.444. The highest BCUT2D eigenvalue weighted by Crippen LogP contribution is 2.20. The van der Waals surface area contributed by atoms with Crippen molar-refractivity contribution in [1.82, 2.24) is 0 Å². The first-order valence-electron chi connectivity index (χ1n) is 3.95. The molecular formula is C9H12O3. The number of allylic oxidation sites excluding steroid dienone is 3. The molecule has 0 spiro atoms. The first-order valence-corrected chi connectivity index (χ1v) is 3.95. The third-order valence-electron chi connectivity index (χ3n) is 1.97. The lowest BCUT2D eigenvalue weighted by Gasteiger charge is -2.14. The van der Waals surface area contributed by atoms with Gasteiger partial charge in [-0.3, -0.25) is 4.79 Å². The second-order valence-electron chi connectivity index (χ2n) is 2.78. The Morgan fingerprint density at radius 3 is 2.83 bits per heavy atom. The minimum atomic E-state index is -0.945. The summed E-state index contributed by atoms with van der Waals surface area (Å²) < 4.78 is 0. The van der Waals surface area contributed by atoms with Gasteiger partial charge in [0.25, 0.3) is 0 Å². The maximum atomic E-state index is 10.6. The molecule has 0 radical (unpaired) electrons. The average molecular weight is 168 g/mol. The second-order valence-corrected chi connectivity index (χ2v) is 2.78. The van der Waals surface area contributed by atoms with Crippen molar-refractivity contribution in [3.8, 4) is 0 Å². The molecule has 0 aromatic carbocycles. The Kier molecular flexibility index (Phi) is 3.05. The summed E-state index contributed by atoms with van der Waals surface area (Å²) in [5.41, 5.74) is 0.813. The summed E-state index contributed by atoms with van der Waals surface area (Å²) in [5, 5.41) is 17.5. The van der Waals surface area contributed by atoms with Crippen molar-refractivity contribution in [3.63, 3.8) is 0 Å². The highest BCUT2D eigenvalue weighted by atomic mass is 16.4. The lowest BCUT2D eigenvalue weighted by molar-refractivity contribution is -0.141. The van der Waals surface area contributed by atoms with Gasteiger partial charge in [-0.2, -0.15) is 0 Å². The lowest BCUT2D eigenvalue weighted by Crippen LogP contribution is -2.20. The average Bonchev–Trinajstić information content (AvgIpc) is 2.07. The summed E-state index contributed by atoms with van der Waals surface area (Å²) in [5.74, 6) is -1.66. The number of aliphatic hydroxyl groups is 1. The van der Waals surface area contributed by atoms with E-state index in [9.17, 15) is 4.79 Å². The van der Waals surface area contributed by atoms with E-state index in [1.54, 1.807) is 6.08 Å². The third-order valence-corrected chi connectivity index (χ3v) is 1.97. The lowest BCUT2D eigenvalue weighted by atomic mass is 9.93. The molecule has 0 saturated heterocycles.